The molecule has 0 aromatic heterocycles. The minimum absolute atomic E-state index is 0. The van der Waals surface area contributed by atoms with Crippen LogP contribution in [0.2, 0.25) is 0 Å². The number of likely N-dealkylation sites (tertiary alicyclic amines) is 1. The van der Waals surface area contributed by atoms with E-state index in [1.807, 2.05) is 48.2 Å². The van der Waals surface area contributed by atoms with Gasteiger partial charge in [0.15, 0.2) is 11.5 Å². The Balaban J connectivity index is 0.00000370. The number of halogens is 1. The lowest BCUT2D eigenvalue weighted by atomic mass is 9.73. The molecule has 1 saturated heterocycles. The van der Waals surface area contributed by atoms with Crippen molar-refractivity contribution in [3.8, 4) is 11.5 Å². The number of rotatable bonds is 7. The maximum Gasteiger partial charge on any atom is 0.246 e. The van der Waals surface area contributed by atoms with E-state index in [1.165, 1.54) is 0 Å². The normalized spacial score (nSPS) is 22.1. The fourth-order valence-electron chi connectivity index (χ4n) is 6.44. The average Bonchev–Trinajstić information content (AvgIpc) is 2.97. The van der Waals surface area contributed by atoms with Crippen LogP contribution >= 0.6 is 12.4 Å². The molecule has 3 aliphatic rings. The molecule has 2 heterocycles. The predicted octanol–water partition coefficient (Wildman–Crippen LogP) is 4.35. The highest BCUT2D eigenvalue weighted by atomic mass is 35.5. The third-order valence-electron chi connectivity index (χ3n) is 8.53. The Kier molecular flexibility index (Phi) is 9.74. The zero-order valence-corrected chi connectivity index (χ0v) is 24.5. The van der Waals surface area contributed by atoms with E-state index in [2.05, 4.69) is 6.07 Å². The van der Waals surface area contributed by atoms with Gasteiger partial charge in [-0.15, -0.1) is 12.4 Å². The van der Waals surface area contributed by atoms with Gasteiger partial charge in [-0.25, -0.2) is 5.01 Å². The zero-order chi connectivity index (χ0) is 27.5. The van der Waals surface area contributed by atoms with Crippen molar-refractivity contribution in [3.05, 3.63) is 59.2 Å². The summed E-state index contributed by atoms with van der Waals surface area (Å²) in [6.07, 6.45) is 5.91. The molecule has 1 saturated carbocycles. The summed E-state index contributed by atoms with van der Waals surface area (Å²) in [5, 5.41) is 6.76. The van der Waals surface area contributed by atoms with Gasteiger partial charge in [0.05, 0.1) is 32.0 Å². The number of piperidine rings is 1. The summed E-state index contributed by atoms with van der Waals surface area (Å²) >= 11 is 0. The molecular weight excluding hydrogens is 528 g/mol. The highest BCUT2D eigenvalue weighted by molar-refractivity contribution is 6.07. The molecule has 2 aromatic carbocycles. The van der Waals surface area contributed by atoms with Crippen molar-refractivity contribution in [2.45, 2.75) is 64.0 Å². The van der Waals surface area contributed by atoms with E-state index in [1.54, 1.807) is 19.2 Å². The van der Waals surface area contributed by atoms with Crippen LogP contribution in [0.15, 0.2) is 47.6 Å². The fraction of sp³-hybridized carbons (Fsp3) is 0.516. The molecule has 5 rings (SSSR count). The van der Waals surface area contributed by atoms with Crippen LogP contribution in [-0.2, 0) is 16.0 Å². The Morgan fingerprint density at radius 3 is 2.38 bits per heavy atom. The smallest absolute Gasteiger partial charge is 0.246 e. The predicted molar refractivity (Wildman–Crippen MR) is 158 cm³/mol. The molecule has 1 aliphatic carbocycles. The average molecular weight is 569 g/mol. The number of ether oxygens (including phenoxy) is 2. The molecule has 2 N–H and O–H groups in total. The monoisotopic (exact) mass is 568 g/mol. The summed E-state index contributed by atoms with van der Waals surface area (Å²) in [7, 11) is 3.26. The number of nitrogens with two attached hydrogens (primary N) is 1. The topological polar surface area (TPSA) is 97.5 Å². The van der Waals surface area contributed by atoms with E-state index in [9.17, 15) is 9.59 Å². The van der Waals surface area contributed by atoms with E-state index in [4.69, 9.17) is 20.3 Å². The number of carbonyl (C=O) groups is 2. The number of hydrogen-bond donors (Lipinski definition) is 1. The van der Waals surface area contributed by atoms with Gasteiger partial charge in [0.1, 0.15) is 0 Å². The van der Waals surface area contributed by atoms with Crippen LogP contribution in [0.3, 0.4) is 0 Å². The standard InChI is InChI=1S/C31H40N4O4.ClH/c1-20-7-6-8-21(17-20)18-26(32)31(37)34-15-13-23(14-16-34)35-30(36)25-10-5-4-9-24(25)29(33-35)22-11-12-27(38-2)28(19-22)39-3;/h6-8,11-12,17,19,23-26H,4-5,9-10,13-16,18,32H2,1-3H3;1H/t24-,25+,26+;/m0./s1. The van der Waals surface area contributed by atoms with Gasteiger partial charge >= 0.3 is 0 Å². The van der Waals surface area contributed by atoms with E-state index >= 15 is 0 Å². The second-order valence-corrected chi connectivity index (χ2v) is 11.1. The number of nitrogens with zero attached hydrogens (tertiary/aromatic N) is 3. The molecule has 8 nitrogen and oxygen atoms in total. The Bertz CT molecular complexity index is 1240. The molecule has 40 heavy (non-hydrogen) atoms. The highest BCUT2D eigenvalue weighted by Crippen LogP contribution is 2.40. The summed E-state index contributed by atoms with van der Waals surface area (Å²) in [4.78, 5) is 28.7. The van der Waals surface area contributed by atoms with Crippen molar-refractivity contribution in [2.75, 3.05) is 27.3 Å². The van der Waals surface area contributed by atoms with Crippen molar-refractivity contribution in [3.63, 3.8) is 0 Å². The number of amides is 2. The van der Waals surface area contributed by atoms with Gasteiger partial charge < -0.3 is 20.1 Å². The lowest BCUT2D eigenvalue weighted by molar-refractivity contribution is -0.143. The van der Waals surface area contributed by atoms with Crippen LogP contribution in [0, 0.1) is 18.8 Å². The van der Waals surface area contributed by atoms with Gasteiger partial charge in [0, 0.05) is 30.5 Å². The van der Waals surface area contributed by atoms with Crippen LogP contribution in [-0.4, -0.2) is 66.8 Å². The van der Waals surface area contributed by atoms with Gasteiger partial charge in [-0.1, -0.05) is 42.7 Å². The molecule has 9 heteroatoms. The second kappa shape index (κ2) is 13.0. The number of benzene rings is 2. The third kappa shape index (κ3) is 6.13. The first-order chi connectivity index (χ1) is 18.9. The lowest BCUT2D eigenvalue weighted by Gasteiger charge is -2.43. The van der Waals surface area contributed by atoms with Gasteiger partial charge in [-0.2, -0.15) is 5.10 Å². The molecule has 0 unspecified atom stereocenters. The molecular formula is C31H41ClN4O4. The molecule has 2 amide bonds. The van der Waals surface area contributed by atoms with E-state index in [-0.39, 0.29) is 42.1 Å². The van der Waals surface area contributed by atoms with Crippen LogP contribution in [0.4, 0.5) is 0 Å². The molecule has 3 atom stereocenters. The van der Waals surface area contributed by atoms with Crippen molar-refractivity contribution >= 4 is 29.9 Å². The Hall–Kier alpha value is -3.10. The first kappa shape index (κ1) is 29.9. The molecule has 2 aromatic rings. The summed E-state index contributed by atoms with van der Waals surface area (Å²) in [6.45, 7) is 3.19. The Morgan fingerprint density at radius 1 is 1.00 bits per heavy atom. The van der Waals surface area contributed by atoms with E-state index in [0.29, 0.717) is 43.9 Å². The number of hydrogen-bond acceptors (Lipinski definition) is 6. The van der Waals surface area contributed by atoms with Crippen molar-refractivity contribution < 1.29 is 19.1 Å². The van der Waals surface area contributed by atoms with Crippen LogP contribution in [0.1, 0.15) is 55.2 Å². The minimum atomic E-state index is -0.572. The summed E-state index contributed by atoms with van der Waals surface area (Å²) in [5.41, 5.74) is 10.5. The van der Waals surface area contributed by atoms with Gasteiger partial charge in [0.25, 0.3) is 0 Å². The first-order valence-electron chi connectivity index (χ1n) is 14.1. The molecule has 0 spiro atoms. The molecule has 216 valence electrons. The number of aryl methyl sites for hydroxylation is 1. The molecule has 0 bridgehead atoms. The summed E-state index contributed by atoms with van der Waals surface area (Å²) in [6, 6.07) is 13.4. The zero-order valence-electron chi connectivity index (χ0n) is 23.7. The maximum atomic E-state index is 13.7. The van der Waals surface area contributed by atoms with Crippen LogP contribution in [0.25, 0.3) is 0 Å². The molecule has 2 aliphatic heterocycles. The van der Waals surface area contributed by atoms with Gasteiger partial charge in [0.2, 0.25) is 11.8 Å². The number of carbonyl (C=O) groups excluding carboxylic acids is 2. The molecule has 0 radical (unpaired) electrons. The van der Waals surface area contributed by atoms with Crippen LogP contribution < -0.4 is 15.2 Å². The van der Waals surface area contributed by atoms with Crippen LogP contribution in [0.5, 0.6) is 11.5 Å². The maximum absolute atomic E-state index is 13.7. The number of fused-ring (bicyclic) bond motifs is 1. The van der Waals surface area contributed by atoms with E-state index < -0.39 is 6.04 Å². The van der Waals surface area contributed by atoms with Crippen molar-refractivity contribution in [2.24, 2.45) is 22.7 Å². The quantitative estimate of drug-likeness (QED) is 0.535. The highest BCUT2D eigenvalue weighted by Gasteiger charge is 2.44. The van der Waals surface area contributed by atoms with Crippen molar-refractivity contribution in [1.29, 1.82) is 0 Å². The van der Waals surface area contributed by atoms with Crippen molar-refractivity contribution in [1.82, 2.24) is 9.91 Å². The summed E-state index contributed by atoms with van der Waals surface area (Å²) in [5.74, 6) is 1.49. The fourth-order valence-corrected chi connectivity index (χ4v) is 6.44. The van der Waals surface area contributed by atoms with Gasteiger partial charge in [-0.05, 0) is 62.8 Å². The Labute approximate surface area is 243 Å². The SMILES string of the molecule is COc1ccc(C2=NN(C3CCN(C(=O)[C@H](N)Cc4cccc(C)c4)CC3)C(=O)[C@@H]3CCCC[C@H]23)cc1OC.Cl. The molecule has 2 fully saturated rings. The van der Waals surface area contributed by atoms with Gasteiger partial charge in [-0.3, -0.25) is 9.59 Å². The second-order valence-electron chi connectivity index (χ2n) is 11.1. The first-order valence-corrected chi connectivity index (χ1v) is 14.1. The third-order valence-corrected chi connectivity index (χ3v) is 8.53. The largest absolute Gasteiger partial charge is 0.493 e. The lowest BCUT2D eigenvalue weighted by Crippen LogP contribution is -2.54. The Morgan fingerprint density at radius 2 is 1.70 bits per heavy atom. The van der Waals surface area contributed by atoms with E-state index in [0.717, 1.165) is 48.1 Å². The number of hydrazone groups is 1. The minimum Gasteiger partial charge on any atom is -0.493 e. The summed E-state index contributed by atoms with van der Waals surface area (Å²) < 4.78 is 11.0. The number of methoxy groups -OCH3 is 2.